The number of anilines is 1. The second-order valence-electron chi connectivity index (χ2n) is 6.47. The van der Waals surface area contributed by atoms with Gasteiger partial charge in [-0.05, 0) is 30.7 Å². The monoisotopic (exact) mass is 502 g/mol. The van der Waals surface area contributed by atoms with E-state index in [0.717, 1.165) is 17.4 Å². The number of aryl methyl sites for hydroxylation is 1. The summed E-state index contributed by atoms with van der Waals surface area (Å²) in [5, 5.41) is 0.863. The van der Waals surface area contributed by atoms with E-state index in [9.17, 15) is 13.6 Å². The van der Waals surface area contributed by atoms with Gasteiger partial charge in [-0.2, -0.15) is 0 Å². The molecule has 0 aliphatic rings. The summed E-state index contributed by atoms with van der Waals surface area (Å²) in [6.07, 6.45) is 5.75. The molecule has 1 amide bonds. The summed E-state index contributed by atoms with van der Waals surface area (Å²) in [5.41, 5.74) is 0.264. The second kappa shape index (κ2) is 9.91. The Kier molecular flexibility index (Phi) is 7.48. The minimum atomic E-state index is -0.775. The highest BCUT2D eigenvalue weighted by Gasteiger charge is 2.24. The lowest BCUT2D eigenvalue weighted by Gasteiger charge is -2.20. The van der Waals surface area contributed by atoms with Crippen molar-refractivity contribution in [3.63, 3.8) is 0 Å². The smallest absolute Gasteiger partial charge is 0.261 e. The van der Waals surface area contributed by atoms with Gasteiger partial charge in [-0.15, -0.1) is 12.4 Å². The highest BCUT2D eigenvalue weighted by molar-refractivity contribution is 7.22. The van der Waals surface area contributed by atoms with Crippen LogP contribution in [0.3, 0.4) is 0 Å². The third kappa shape index (κ3) is 5.15. The Labute approximate surface area is 196 Å². The molecule has 11 heteroatoms. The van der Waals surface area contributed by atoms with Crippen LogP contribution in [0.5, 0.6) is 0 Å². The average Bonchev–Trinajstić information content (AvgIpc) is 3.34. The summed E-state index contributed by atoms with van der Waals surface area (Å²) in [4.78, 5) is 23.0. The fourth-order valence-electron chi connectivity index (χ4n) is 2.98. The first-order valence-corrected chi connectivity index (χ1v) is 10.5. The Bertz CT molecular complexity index is 1220. The quantitative estimate of drug-likeness (QED) is 0.313. The number of carbonyl (C=O) groups is 1. The number of nitrogens with zero attached hydrogens (tertiary/aromatic N) is 4. The standard InChI is InChI=1S/C20H14Cl2F2N4OS.ClH/c21-12-2-3-14(15(22)8-12)19(29)28(6-1-5-27-7-4-25-11-27)20-26-18-16(24)9-13(23)10-17(18)30-20;/h2-4,7-11H,1,5-6H2;1H. The number of benzene rings is 2. The Morgan fingerprint density at radius 2 is 2.00 bits per heavy atom. The lowest BCUT2D eigenvalue weighted by molar-refractivity contribution is 0.0986. The summed E-state index contributed by atoms with van der Waals surface area (Å²) >= 11 is 13.2. The zero-order valence-corrected chi connectivity index (χ0v) is 18.9. The van der Waals surface area contributed by atoms with Gasteiger partial charge in [0.05, 0.1) is 21.6 Å². The summed E-state index contributed by atoms with van der Waals surface area (Å²) in [7, 11) is 0. The molecular weight excluding hydrogens is 489 g/mol. The number of halogens is 5. The summed E-state index contributed by atoms with van der Waals surface area (Å²) in [5.74, 6) is -1.88. The first-order valence-electron chi connectivity index (χ1n) is 8.90. The Hall–Kier alpha value is -2.26. The summed E-state index contributed by atoms with van der Waals surface area (Å²) in [6, 6.07) is 6.55. The molecule has 4 aromatic rings. The van der Waals surface area contributed by atoms with Crippen LogP contribution in [-0.4, -0.2) is 27.0 Å². The van der Waals surface area contributed by atoms with Crippen molar-refractivity contribution in [2.75, 3.05) is 11.4 Å². The van der Waals surface area contributed by atoms with Crippen molar-refractivity contribution in [1.82, 2.24) is 14.5 Å². The maximum Gasteiger partial charge on any atom is 0.261 e. The number of hydrogen-bond donors (Lipinski definition) is 0. The lowest BCUT2D eigenvalue weighted by atomic mass is 10.2. The van der Waals surface area contributed by atoms with Crippen LogP contribution in [-0.2, 0) is 6.54 Å². The SMILES string of the molecule is Cl.O=C(c1ccc(Cl)cc1Cl)N(CCCn1ccnc1)c1nc2c(F)cc(F)cc2s1. The van der Waals surface area contributed by atoms with Crippen LogP contribution in [0.2, 0.25) is 10.0 Å². The molecule has 0 atom stereocenters. The van der Waals surface area contributed by atoms with E-state index in [1.54, 1.807) is 18.6 Å². The predicted octanol–water partition coefficient (Wildman–Crippen LogP) is 6.24. The Balaban J connectivity index is 0.00000272. The maximum absolute atomic E-state index is 14.1. The first-order chi connectivity index (χ1) is 14.4. The molecule has 2 heterocycles. The molecule has 0 aliphatic carbocycles. The number of rotatable bonds is 6. The average molecular weight is 504 g/mol. The van der Waals surface area contributed by atoms with E-state index in [1.165, 1.54) is 23.1 Å². The highest BCUT2D eigenvalue weighted by atomic mass is 35.5. The van der Waals surface area contributed by atoms with Crippen LogP contribution in [0.4, 0.5) is 13.9 Å². The largest absolute Gasteiger partial charge is 0.337 e. The van der Waals surface area contributed by atoms with Crippen molar-refractivity contribution in [1.29, 1.82) is 0 Å². The number of thiazole rings is 1. The third-order valence-electron chi connectivity index (χ3n) is 4.40. The van der Waals surface area contributed by atoms with Gasteiger partial charge >= 0.3 is 0 Å². The Morgan fingerprint density at radius 1 is 1.19 bits per heavy atom. The molecule has 0 radical (unpaired) electrons. The molecule has 0 spiro atoms. The molecule has 31 heavy (non-hydrogen) atoms. The van der Waals surface area contributed by atoms with Gasteiger partial charge in [0, 0.05) is 36.6 Å². The van der Waals surface area contributed by atoms with Gasteiger partial charge in [0.15, 0.2) is 10.9 Å². The van der Waals surface area contributed by atoms with E-state index in [-0.39, 0.29) is 33.6 Å². The molecule has 0 saturated heterocycles. The van der Waals surface area contributed by atoms with Crippen LogP contribution in [0.15, 0.2) is 49.1 Å². The zero-order valence-electron chi connectivity index (χ0n) is 15.8. The number of carbonyl (C=O) groups excluding carboxylic acids is 1. The number of imidazole rings is 1. The zero-order chi connectivity index (χ0) is 21.3. The van der Waals surface area contributed by atoms with Gasteiger partial charge in [0.1, 0.15) is 11.3 Å². The number of fused-ring (bicyclic) bond motifs is 1. The van der Waals surface area contributed by atoms with E-state index in [1.807, 2.05) is 10.8 Å². The van der Waals surface area contributed by atoms with Crippen LogP contribution >= 0.6 is 46.9 Å². The molecule has 2 aromatic carbocycles. The van der Waals surface area contributed by atoms with Crippen molar-refractivity contribution in [2.45, 2.75) is 13.0 Å². The van der Waals surface area contributed by atoms with Crippen molar-refractivity contribution in [3.05, 3.63) is 76.3 Å². The number of amides is 1. The molecule has 2 aromatic heterocycles. The maximum atomic E-state index is 14.1. The molecular formula is C20H15Cl3F2N4OS. The van der Waals surface area contributed by atoms with Crippen LogP contribution < -0.4 is 4.90 Å². The normalized spacial score (nSPS) is 10.8. The molecule has 0 saturated carbocycles. The van der Waals surface area contributed by atoms with Gasteiger partial charge in [-0.1, -0.05) is 34.5 Å². The molecule has 0 fully saturated rings. The molecule has 5 nitrogen and oxygen atoms in total. The second-order valence-corrected chi connectivity index (χ2v) is 8.32. The van der Waals surface area contributed by atoms with Crippen LogP contribution in [0.25, 0.3) is 10.2 Å². The van der Waals surface area contributed by atoms with E-state index in [2.05, 4.69) is 9.97 Å². The minimum Gasteiger partial charge on any atom is -0.337 e. The van der Waals surface area contributed by atoms with Crippen molar-refractivity contribution >= 4 is 68.2 Å². The van der Waals surface area contributed by atoms with Gasteiger partial charge in [-0.3, -0.25) is 9.69 Å². The van der Waals surface area contributed by atoms with Crippen molar-refractivity contribution in [3.8, 4) is 0 Å². The van der Waals surface area contributed by atoms with Gasteiger partial charge in [0.25, 0.3) is 5.91 Å². The van der Waals surface area contributed by atoms with E-state index in [0.29, 0.717) is 29.2 Å². The topological polar surface area (TPSA) is 51.0 Å². The number of hydrogen-bond acceptors (Lipinski definition) is 4. The highest BCUT2D eigenvalue weighted by Crippen LogP contribution is 2.33. The molecule has 0 bridgehead atoms. The molecule has 4 rings (SSSR count). The van der Waals surface area contributed by atoms with Crippen LogP contribution in [0.1, 0.15) is 16.8 Å². The van der Waals surface area contributed by atoms with Crippen LogP contribution in [0, 0.1) is 11.6 Å². The fraction of sp³-hybridized carbons (Fsp3) is 0.150. The fourth-order valence-corrected chi connectivity index (χ4v) is 4.50. The minimum absolute atomic E-state index is 0. The van der Waals surface area contributed by atoms with E-state index in [4.69, 9.17) is 23.2 Å². The van der Waals surface area contributed by atoms with Gasteiger partial charge in [0.2, 0.25) is 0 Å². The van der Waals surface area contributed by atoms with E-state index < -0.39 is 17.5 Å². The van der Waals surface area contributed by atoms with E-state index >= 15 is 0 Å². The first kappa shape index (κ1) is 23.4. The Morgan fingerprint density at radius 3 is 2.71 bits per heavy atom. The lowest BCUT2D eigenvalue weighted by Crippen LogP contribution is -2.32. The van der Waals surface area contributed by atoms with Gasteiger partial charge in [-0.25, -0.2) is 18.7 Å². The summed E-state index contributed by atoms with van der Waals surface area (Å²) in [6.45, 7) is 0.909. The molecule has 0 aliphatic heterocycles. The van der Waals surface area contributed by atoms with Crippen molar-refractivity contribution in [2.24, 2.45) is 0 Å². The molecule has 0 N–H and O–H groups in total. The predicted molar refractivity (Wildman–Crippen MR) is 122 cm³/mol. The number of aromatic nitrogens is 3. The van der Waals surface area contributed by atoms with Gasteiger partial charge < -0.3 is 4.57 Å². The summed E-state index contributed by atoms with van der Waals surface area (Å²) < 4.78 is 29.9. The molecule has 0 unspecified atom stereocenters. The molecule has 162 valence electrons. The third-order valence-corrected chi connectivity index (χ3v) is 5.97. The van der Waals surface area contributed by atoms with Crippen molar-refractivity contribution < 1.29 is 13.6 Å².